The van der Waals surface area contributed by atoms with Gasteiger partial charge in [0.2, 0.25) is 5.88 Å². The van der Waals surface area contributed by atoms with Crippen LogP contribution in [0.3, 0.4) is 0 Å². The average molecular weight is 316 g/mol. The molecule has 1 atom stereocenters. The molecule has 5 heteroatoms. The lowest BCUT2D eigenvalue weighted by molar-refractivity contribution is 0.0944. The van der Waals surface area contributed by atoms with E-state index in [9.17, 15) is 5.11 Å². The molecule has 1 heterocycles. The van der Waals surface area contributed by atoms with Crippen LogP contribution in [0.25, 0.3) is 0 Å². The number of benzene rings is 1. The molecule has 0 fully saturated rings. The van der Waals surface area contributed by atoms with Crippen LogP contribution in [0, 0.1) is 13.8 Å². The zero-order chi connectivity index (χ0) is 17.2. The molecule has 0 saturated heterocycles. The van der Waals surface area contributed by atoms with Gasteiger partial charge >= 0.3 is 6.01 Å². The first-order valence-corrected chi connectivity index (χ1v) is 7.64. The molecular formula is C18H24N2O3. The van der Waals surface area contributed by atoms with Crippen molar-refractivity contribution in [3.63, 3.8) is 0 Å². The fourth-order valence-electron chi connectivity index (χ4n) is 2.82. The van der Waals surface area contributed by atoms with Gasteiger partial charge in [0.05, 0.1) is 19.9 Å². The number of aryl methyl sites for hydroxylation is 2. The molecule has 1 aromatic carbocycles. The summed E-state index contributed by atoms with van der Waals surface area (Å²) in [5.41, 5.74) is 2.97. The van der Waals surface area contributed by atoms with Crippen molar-refractivity contribution < 1.29 is 14.6 Å². The third-order valence-corrected chi connectivity index (χ3v) is 3.92. The Labute approximate surface area is 137 Å². The van der Waals surface area contributed by atoms with Crippen LogP contribution in [0.1, 0.15) is 41.8 Å². The van der Waals surface area contributed by atoms with E-state index >= 15 is 0 Å². The monoisotopic (exact) mass is 316 g/mol. The van der Waals surface area contributed by atoms with Gasteiger partial charge in [-0.25, -0.2) is 0 Å². The SMILES string of the molecule is CCc1c(OC)nc(OC)nc1C(C)(O)c1cc(C)cc(C)c1. The Hall–Kier alpha value is -2.14. The molecule has 0 bridgehead atoms. The molecule has 0 spiro atoms. The second-order valence-electron chi connectivity index (χ2n) is 5.85. The maximum atomic E-state index is 11.3. The van der Waals surface area contributed by atoms with E-state index in [-0.39, 0.29) is 6.01 Å². The van der Waals surface area contributed by atoms with Gasteiger partial charge in [0.1, 0.15) is 5.60 Å². The minimum absolute atomic E-state index is 0.179. The van der Waals surface area contributed by atoms with Crippen LogP contribution in [0.5, 0.6) is 11.9 Å². The minimum Gasteiger partial charge on any atom is -0.481 e. The first-order chi connectivity index (χ1) is 10.8. The summed E-state index contributed by atoms with van der Waals surface area (Å²) in [6, 6.07) is 6.18. The summed E-state index contributed by atoms with van der Waals surface area (Å²) in [5.74, 6) is 0.430. The number of hydrogen-bond donors (Lipinski definition) is 1. The molecule has 2 aromatic rings. The molecule has 1 unspecified atom stereocenters. The molecule has 2 rings (SSSR count). The van der Waals surface area contributed by atoms with Crippen molar-refractivity contribution in [2.75, 3.05) is 14.2 Å². The smallest absolute Gasteiger partial charge is 0.319 e. The molecule has 124 valence electrons. The predicted octanol–water partition coefficient (Wildman–Crippen LogP) is 2.93. The van der Waals surface area contributed by atoms with Crippen LogP contribution in [0.4, 0.5) is 0 Å². The van der Waals surface area contributed by atoms with Crippen molar-refractivity contribution in [3.05, 3.63) is 46.1 Å². The quantitative estimate of drug-likeness (QED) is 0.919. The van der Waals surface area contributed by atoms with Gasteiger partial charge in [0, 0.05) is 5.56 Å². The average Bonchev–Trinajstić information content (AvgIpc) is 2.52. The highest BCUT2D eigenvalue weighted by Crippen LogP contribution is 2.35. The maximum Gasteiger partial charge on any atom is 0.319 e. The van der Waals surface area contributed by atoms with Crippen LogP contribution in [-0.2, 0) is 12.0 Å². The van der Waals surface area contributed by atoms with Gasteiger partial charge in [-0.3, -0.25) is 0 Å². The molecule has 0 saturated carbocycles. The van der Waals surface area contributed by atoms with Crippen LogP contribution in [0.15, 0.2) is 18.2 Å². The molecule has 0 aliphatic heterocycles. The Kier molecular flexibility index (Phi) is 4.90. The van der Waals surface area contributed by atoms with Crippen LogP contribution in [-0.4, -0.2) is 29.3 Å². The second-order valence-corrected chi connectivity index (χ2v) is 5.85. The molecule has 0 aliphatic rings. The third kappa shape index (κ3) is 3.29. The van der Waals surface area contributed by atoms with Crippen molar-refractivity contribution in [3.8, 4) is 11.9 Å². The summed E-state index contributed by atoms with van der Waals surface area (Å²) in [7, 11) is 3.05. The Bertz CT molecular complexity index is 691. The highest BCUT2D eigenvalue weighted by molar-refractivity contribution is 5.43. The van der Waals surface area contributed by atoms with Gasteiger partial charge in [-0.2, -0.15) is 9.97 Å². The molecule has 23 heavy (non-hydrogen) atoms. The van der Waals surface area contributed by atoms with E-state index in [1.807, 2.05) is 32.9 Å². The lowest BCUT2D eigenvalue weighted by Crippen LogP contribution is -2.27. The molecular weight excluding hydrogens is 292 g/mol. The van der Waals surface area contributed by atoms with Crippen molar-refractivity contribution in [1.29, 1.82) is 0 Å². The summed E-state index contributed by atoms with van der Waals surface area (Å²) in [6.45, 7) is 7.74. The second kappa shape index (κ2) is 6.54. The number of aliphatic hydroxyl groups is 1. The zero-order valence-corrected chi connectivity index (χ0v) is 14.6. The van der Waals surface area contributed by atoms with Gasteiger partial charge in [-0.15, -0.1) is 0 Å². The van der Waals surface area contributed by atoms with Crippen molar-refractivity contribution in [2.45, 2.75) is 39.7 Å². The Morgan fingerprint density at radius 1 is 1.04 bits per heavy atom. The fourth-order valence-corrected chi connectivity index (χ4v) is 2.82. The van der Waals surface area contributed by atoms with Gasteiger partial charge in [-0.1, -0.05) is 36.2 Å². The molecule has 5 nitrogen and oxygen atoms in total. The predicted molar refractivity (Wildman–Crippen MR) is 89.1 cm³/mol. The van der Waals surface area contributed by atoms with Gasteiger partial charge in [-0.05, 0) is 32.8 Å². The van der Waals surface area contributed by atoms with E-state index in [2.05, 4.69) is 16.0 Å². The van der Waals surface area contributed by atoms with Crippen LogP contribution in [0.2, 0.25) is 0 Å². The van der Waals surface area contributed by atoms with Gasteiger partial charge in [0.15, 0.2) is 0 Å². The third-order valence-electron chi connectivity index (χ3n) is 3.92. The zero-order valence-electron chi connectivity index (χ0n) is 14.6. The Balaban J connectivity index is 2.71. The number of methoxy groups -OCH3 is 2. The first-order valence-electron chi connectivity index (χ1n) is 7.64. The number of hydrogen-bond acceptors (Lipinski definition) is 5. The fraction of sp³-hybridized carbons (Fsp3) is 0.444. The maximum absolute atomic E-state index is 11.3. The summed E-state index contributed by atoms with van der Waals surface area (Å²) in [4.78, 5) is 8.63. The van der Waals surface area contributed by atoms with E-state index in [1.165, 1.54) is 7.11 Å². The number of ether oxygens (including phenoxy) is 2. The van der Waals surface area contributed by atoms with E-state index in [1.54, 1.807) is 14.0 Å². The van der Waals surface area contributed by atoms with E-state index in [0.29, 0.717) is 18.0 Å². The van der Waals surface area contributed by atoms with Crippen LogP contribution >= 0.6 is 0 Å². The Morgan fingerprint density at radius 2 is 1.65 bits per heavy atom. The Morgan fingerprint density at radius 3 is 2.13 bits per heavy atom. The van der Waals surface area contributed by atoms with E-state index < -0.39 is 5.60 Å². The lowest BCUT2D eigenvalue weighted by atomic mass is 9.87. The number of rotatable bonds is 5. The topological polar surface area (TPSA) is 64.5 Å². The van der Waals surface area contributed by atoms with E-state index in [4.69, 9.17) is 9.47 Å². The van der Waals surface area contributed by atoms with Crippen molar-refractivity contribution >= 4 is 0 Å². The normalized spacial score (nSPS) is 13.5. The summed E-state index contributed by atoms with van der Waals surface area (Å²) < 4.78 is 10.5. The number of nitrogens with zero attached hydrogens (tertiary/aromatic N) is 2. The van der Waals surface area contributed by atoms with Crippen molar-refractivity contribution in [1.82, 2.24) is 9.97 Å². The minimum atomic E-state index is -1.27. The molecule has 1 N–H and O–H groups in total. The van der Waals surface area contributed by atoms with Crippen LogP contribution < -0.4 is 9.47 Å². The molecule has 0 radical (unpaired) electrons. The van der Waals surface area contributed by atoms with Crippen molar-refractivity contribution in [2.24, 2.45) is 0 Å². The standard InChI is InChI=1S/C18H24N2O3/c1-7-14-15(19-17(23-6)20-16(14)22-5)18(4,21)13-9-11(2)8-12(3)10-13/h8-10,21H,7H2,1-6H3. The first kappa shape index (κ1) is 17.2. The summed E-state index contributed by atoms with van der Waals surface area (Å²) in [6.07, 6.45) is 0.642. The summed E-state index contributed by atoms with van der Waals surface area (Å²) in [5, 5.41) is 11.3. The largest absolute Gasteiger partial charge is 0.481 e. The van der Waals surface area contributed by atoms with Gasteiger partial charge in [0.25, 0.3) is 0 Å². The molecule has 0 amide bonds. The number of aromatic nitrogens is 2. The van der Waals surface area contributed by atoms with E-state index in [0.717, 1.165) is 22.3 Å². The lowest BCUT2D eigenvalue weighted by Gasteiger charge is -2.27. The molecule has 1 aromatic heterocycles. The highest BCUT2D eigenvalue weighted by atomic mass is 16.5. The van der Waals surface area contributed by atoms with Gasteiger partial charge < -0.3 is 14.6 Å². The highest BCUT2D eigenvalue weighted by Gasteiger charge is 2.33. The summed E-state index contributed by atoms with van der Waals surface area (Å²) >= 11 is 0. The molecule has 0 aliphatic carbocycles.